The molecule has 2 N–H and O–H groups in total. The van der Waals surface area contributed by atoms with E-state index in [1.807, 2.05) is 19.1 Å². The van der Waals surface area contributed by atoms with Gasteiger partial charge >= 0.3 is 12.1 Å². The zero-order valence-electron chi connectivity index (χ0n) is 21.8. The summed E-state index contributed by atoms with van der Waals surface area (Å²) in [4.78, 5) is 36.7. The highest BCUT2D eigenvalue weighted by Gasteiger charge is 2.34. The molecule has 10 heteroatoms. The van der Waals surface area contributed by atoms with Crippen molar-refractivity contribution >= 4 is 29.6 Å². The summed E-state index contributed by atoms with van der Waals surface area (Å²) < 4.78 is 21.2. The zero-order chi connectivity index (χ0) is 27.4. The van der Waals surface area contributed by atoms with Crippen LogP contribution in [0.5, 0.6) is 5.75 Å². The Bertz CT molecular complexity index is 1030. The first-order valence-electron chi connectivity index (χ1n) is 12.1. The summed E-state index contributed by atoms with van der Waals surface area (Å²) in [7, 11) is 1.75. The molecule has 9 nitrogen and oxygen atoms in total. The van der Waals surface area contributed by atoms with Crippen molar-refractivity contribution in [2.24, 2.45) is 0 Å². The molecule has 0 heterocycles. The molecule has 0 spiro atoms. The Labute approximate surface area is 222 Å². The van der Waals surface area contributed by atoms with Crippen LogP contribution in [0.3, 0.4) is 0 Å². The number of nitrogens with one attached hydrogen (secondary N) is 2. The molecular formula is C27H35ClN2O7. The molecule has 2 unspecified atom stereocenters. The van der Waals surface area contributed by atoms with Gasteiger partial charge in [0.2, 0.25) is 6.29 Å². The fourth-order valence-electron chi connectivity index (χ4n) is 3.20. The lowest BCUT2D eigenvalue weighted by molar-refractivity contribution is -0.183. The van der Waals surface area contributed by atoms with E-state index in [0.717, 1.165) is 5.56 Å². The van der Waals surface area contributed by atoms with E-state index in [0.29, 0.717) is 42.3 Å². The number of ether oxygens (including phenoxy) is 4. The molecule has 0 radical (unpaired) electrons. The molecule has 0 aliphatic rings. The smallest absolute Gasteiger partial charge is 0.476 e. The van der Waals surface area contributed by atoms with Crippen molar-refractivity contribution in [2.75, 3.05) is 20.1 Å². The second-order valence-corrected chi connectivity index (χ2v) is 9.25. The van der Waals surface area contributed by atoms with Crippen LogP contribution in [0, 0.1) is 0 Å². The van der Waals surface area contributed by atoms with Crippen LogP contribution in [0.4, 0.5) is 4.79 Å². The van der Waals surface area contributed by atoms with Crippen LogP contribution in [0.25, 0.3) is 0 Å². The predicted molar refractivity (Wildman–Crippen MR) is 140 cm³/mol. The Hall–Kier alpha value is -3.30. The average Bonchev–Trinajstić information content (AvgIpc) is 2.84. The Morgan fingerprint density at radius 2 is 1.62 bits per heavy atom. The van der Waals surface area contributed by atoms with Crippen LogP contribution in [0.1, 0.15) is 50.0 Å². The van der Waals surface area contributed by atoms with Crippen LogP contribution in [0.2, 0.25) is 5.02 Å². The normalized spacial score (nSPS) is 12.7. The first kappa shape index (κ1) is 29.9. The van der Waals surface area contributed by atoms with Crippen LogP contribution < -0.4 is 15.4 Å². The predicted octanol–water partition coefficient (Wildman–Crippen LogP) is 4.51. The molecule has 2 aromatic carbocycles. The van der Waals surface area contributed by atoms with Crippen LogP contribution in [-0.2, 0) is 25.4 Å². The molecule has 2 atom stereocenters. The van der Waals surface area contributed by atoms with Crippen LogP contribution in [-0.4, -0.2) is 56.2 Å². The van der Waals surface area contributed by atoms with Crippen molar-refractivity contribution < 1.29 is 33.3 Å². The Balaban J connectivity index is 1.80. The summed E-state index contributed by atoms with van der Waals surface area (Å²) in [5, 5.41) is 6.36. The van der Waals surface area contributed by atoms with Crippen molar-refractivity contribution in [3.8, 4) is 5.75 Å². The standard InChI is InChI=1S/C27H35ClN2O7/c1-6-22(17-29-5)36-26(33)35-18(2)34-25(32)27(3,4)37-23-13-7-19(8-14-23)15-16-30-24(31)20-9-11-21(28)12-10-20/h7-14,18,22,29H,6,15-17H2,1-5H3,(H,30,31). The summed E-state index contributed by atoms with van der Waals surface area (Å²) >= 11 is 5.85. The zero-order valence-corrected chi connectivity index (χ0v) is 22.6. The highest BCUT2D eigenvalue weighted by Crippen LogP contribution is 2.21. The Morgan fingerprint density at radius 3 is 2.22 bits per heavy atom. The van der Waals surface area contributed by atoms with Gasteiger partial charge in [-0.15, -0.1) is 0 Å². The maximum Gasteiger partial charge on any atom is 0.511 e. The van der Waals surface area contributed by atoms with Gasteiger partial charge in [-0.25, -0.2) is 9.59 Å². The molecule has 1 amide bonds. The van der Waals surface area contributed by atoms with Gasteiger partial charge in [0.1, 0.15) is 11.9 Å². The lowest BCUT2D eigenvalue weighted by atomic mass is 10.1. The lowest BCUT2D eigenvalue weighted by Crippen LogP contribution is -2.42. The van der Waals surface area contributed by atoms with E-state index in [2.05, 4.69) is 10.6 Å². The lowest BCUT2D eigenvalue weighted by Gasteiger charge is -2.26. The van der Waals surface area contributed by atoms with Crippen molar-refractivity contribution in [1.82, 2.24) is 10.6 Å². The molecule has 2 aromatic rings. The van der Waals surface area contributed by atoms with E-state index >= 15 is 0 Å². The fraction of sp³-hybridized carbons (Fsp3) is 0.444. The number of likely N-dealkylation sites (N-methyl/N-ethyl adjacent to an activating group) is 1. The third kappa shape index (κ3) is 10.3. The molecule has 202 valence electrons. The summed E-state index contributed by atoms with van der Waals surface area (Å²) in [6.07, 6.45) is -1.19. The van der Waals surface area contributed by atoms with Gasteiger partial charge in [0.05, 0.1) is 0 Å². The first-order chi connectivity index (χ1) is 17.5. The van der Waals surface area contributed by atoms with Gasteiger partial charge in [0, 0.05) is 30.6 Å². The van der Waals surface area contributed by atoms with Crippen molar-refractivity contribution in [2.45, 2.75) is 58.5 Å². The maximum atomic E-state index is 12.6. The van der Waals surface area contributed by atoms with Gasteiger partial charge in [0.25, 0.3) is 5.91 Å². The van der Waals surface area contributed by atoms with Gasteiger partial charge in [-0.3, -0.25) is 4.79 Å². The molecule has 0 aromatic heterocycles. The molecule has 0 saturated carbocycles. The Morgan fingerprint density at radius 1 is 0.973 bits per heavy atom. The van der Waals surface area contributed by atoms with Gasteiger partial charge in [-0.05, 0) is 75.7 Å². The largest absolute Gasteiger partial charge is 0.511 e. The van der Waals surface area contributed by atoms with E-state index < -0.39 is 24.0 Å². The minimum atomic E-state index is -1.34. The Kier molecular flexibility index (Phi) is 11.7. The van der Waals surface area contributed by atoms with E-state index in [1.54, 1.807) is 57.3 Å². The number of benzene rings is 2. The number of hydrogen-bond acceptors (Lipinski definition) is 8. The quantitative estimate of drug-likeness (QED) is 0.285. The summed E-state index contributed by atoms with van der Waals surface area (Å²) in [5.74, 6) is -0.419. The maximum absolute atomic E-state index is 12.6. The fourth-order valence-corrected chi connectivity index (χ4v) is 3.32. The van der Waals surface area contributed by atoms with E-state index in [-0.39, 0.29) is 12.0 Å². The molecule has 2 rings (SSSR count). The van der Waals surface area contributed by atoms with Gasteiger partial charge < -0.3 is 29.6 Å². The number of carbonyl (C=O) groups is 3. The van der Waals surface area contributed by atoms with Crippen molar-refractivity contribution in [1.29, 1.82) is 0 Å². The molecule has 0 aliphatic carbocycles. The second kappa shape index (κ2) is 14.4. The van der Waals surface area contributed by atoms with Crippen molar-refractivity contribution in [3.63, 3.8) is 0 Å². The molecule has 0 aliphatic heterocycles. The first-order valence-corrected chi connectivity index (χ1v) is 12.5. The SMILES string of the molecule is CCC(CNC)OC(=O)OC(C)OC(=O)C(C)(C)Oc1ccc(CCNC(=O)c2ccc(Cl)cc2)cc1. The molecule has 0 fully saturated rings. The summed E-state index contributed by atoms with van der Waals surface area (Å²) in [6.45, 7) is 7.35. The highest BCUT2D eigenvalue weighted by molar-refractivity contribution is 6.30. The number of halogens is 1. The van der Waals surface area contributed by atoms with E-state index in [9.17, 15) is 14.4 Å². The molecular weight excluding hydrogens is 500 g/mol. The van der Waals surface area contributed by atoms with Gasteiger partial charge in [0.15, 0.2) is 5.60 Å². The van der Waals surface area contributed by atoms with E-state index in [1.165, 1.54) is 6.92 Å². The summed E-state index contributed by atoms with van der Waals surface area (Å²) in [5.41, 5.74) is 0.180. The van der Waals surface area contributed by atoms with Crippen LogP contribution in [0.15, 0.2) is 48.5 Å². The van der Waals surface area contributed by atoms with Gasteiger partial charge in [-0.1, -0.05) is 30.7 Å². The van der Waals surface area contributed by atoms with E-state index in [4.69, 9.17) is 30.5 Å². The van der Waals surface area contributed by atoms with Crippen molar-refractivity contribution in [3.05, 3.63) is 64.7 Å². The number of esters is 1. The van der Waals surface area contributed by atoms with Crippen LogP contribution >= 0.6 is 11.6 Å². The number of amides is 1. The van der Waals surface area contributed by atoms with Gasteiger partial charge in [-0.2, -0.15) is 0 Å². The number of carbonyl (C=O) groups excluding carboxylic acids is 3. The highest BCUT2D eigenvalue weighted by atomic mass is 35.5. The molecule has 0 bridgehead atoms. The minimum Gasteiger partial charge on any atom is -0.476 e. The minimum absolute atomic E-state index is 0.175. The molecule has 37 heavy (non-hydrogen) atoms. The monoisotopic (exact) mass is 534 g/mol. The third-order valence-electron chi connectivity index (χ3n) is 5.28. The average molecular weight is 535 g/mol. The number of hydrogen-bond donors (Lipinski definition) is 2. The number of rotatable bonds is 13. The second-order valence-electron chi connectivity index (χ2n) is 8.82. The summed E-state index contributed by atoms with van der Waals surface area (Å²) in [6, 6.07) is 13.8. The molecule has 0 saturated heterocycles. The topological polar surface area (TPSA) is 112 Å². The third-order valence-corrected chi connectivity index (χ3v) is 5.53.